The predicted molar refractivity (Wildman–Crippen MR) is 182 cm³/mol. The summed E-state index contributed by atoms with van der Waals surface area (Å²) in [6.45, 7) is 8.30. The van der Waals surface area contributed by atoms with Crippen LogP contribution in [0.3, 0.4) is 0 Å². The van der Waals surface area contributed by atoms with Crippen molar-refractivity contribution in [1.82, 2.24) is 0 Å². The van der Waals surface area contributed by atoms with Gasteiger partial charge in [-0.3, -0.25) is 14.4 Å². The van der Waals surface area contributed by atoms with E-state index in [0.29, 0.717) is 63.6 Å². The van der Waals surface area contributed by atoms with Gasteiger partial charge in [0.2, 0.25) is 6.10 Å². The Balaban J connectivity index is 0.000000169. The van der Waals surface area contributed by atoms with Crippen LogP contribution in [-0.4, -0.2) is 53.9 Å². The molecule has 1 saturated heterocycles. The number of aliphatic hydroxyl groups excluding tert-OH is 1. The molecular formula is C39H54O9. The summed E-state index contributed by atoms with van der Waals surface area (Å²) in [5, 5.41) is 12.5. The molecule has 2 aromatic carbocycles. The van der Waals surface area contributed by atoms with Crippen LogP contribution in [0.5, 0.6) is 0 Å². The van der Waals surface area contributed by atoms with Crippen molar-refractivity contribution in [2.75, 3.05) is 13.2 Å². The molecule has 1 aliphatic heterocycles. The first-order chi connectivity index (χ1) is 23.1. The third-order valence-electron chi connectivity index (χ3n) is 10.5. The van der Waals surface area contributed by atoms with E-state index in [1.807, 2.05) is 49.4 Å². The fraction of sp³-hybridized carbons (Fsp3) is 0.641. The van der Waals surface area contributed by atoms with Crippen molar-refractivity contribution in [2.24, 2.45) is 23.7 Å². The zero-order valence-electron chi connectivity index (χ0n) is 29.1. The van der Waals surface area contributed by atoms with E-state index in [9.17, 15) is 24.3 Å². The molecule has 4 aliphatic carbocycles. The van der Waals surface area contributed by atoms with Crippen LogP contribution in [-0.2, 0) is 38.1 Å². The second kappa shape index (κ2) is 17.8. The quantitative estimate of drug-likeness (QED) is 0.148. The summed E-state index contributed by atoms with van der Waals surface area (Å²) >= 11 is 0. The molecule has 4 saturated carbocycles. The minimum absolute atomic E-state index is 0.0133. The standard InChI is InChI=1S/C17H20O3.C15H24O2.C7H10O4/c1-2-17(19)20-12-6-11-16(18)15-10-5-8-13-7-3-4-9-14(13)15;1-3-14(16)17-15(4-2)12-6-10-5-11(8-12)9-13(15)7-10;1-2-6(8)11-5-3-4-10-7(5)9/h3-5,7-10,16,18H,2,6,11-12H2,1H3;10-13H,3-9H2,1-2H3;5H,2-4H2,1H3. The highest BCUT2D eigenvalue weighted by Gasteiger charge is 2.58. The van der Waals surface area contributed by atoms with Crippen LogP contribution < -0.4 is 0 Å². The molecule has 48 heavy (non-hydrogen) atoms. The molecule has 0 spiro atoms. The molecule has 0 aromatic heterocycles. The maximum Gasteiger partial charge on any atom is 0.347 e. The Hall–Kier alpha value is -3.46. The van der Waals surface area contributed by atoms with Gasteiger partial charge in [0, 0.05) is 25.7 Å². The average Bonchev–Trinajstić information content (AvgIpc) is 3.51. The number of aliphatic hydroxyl groups is 1. The summed E-state index contributed by atoms with van der Waals surface area (Å²) < 4.78 is 20.3. The highest BCUT2D eigenvalue weighted by atomic mass is 16.6. The number of esters is 4. The van der Waals surface area contributed by atoms with Gasteiger partial charge in [-0.15, -0.1) is 0 Å². The first-order valence-electron chi connectivity index (χ1n) is 18.0. The van der Waals surface area contributed by atoms with Crippen LogP contribution >= 0.6 is 0 Å². The van der Waals surface area contributed by atoms with E-state index >= 15 is 0 Å². The number of hydrogen-bond acceptors (Lipinski definition) is 9. The summed E-state index contributed by atoms with van der Waals surface area (Å²) in [5.41, 5.74) is 0.852. The van der Waals surface area contributed by atoms with Gasteiger partial charge in [-0.05, 0) is 91.4 Å². The molecular weight excluding hydrogens is 612 g/mol. The Morgan fingerprint density at radius 3 is 2.06 bits per heavy atom. The van der Waals surface area contributed by atoms with Crippen molar-refractivity contribution < 1.29 is 43.2 Å². The number of fused-ring (bicyclic) bond motifs is 1. The third kappa shape index (κ3) is 9.36. The van der Waals surface area contributed by atoms with Gasteiger partial charge in [-0.1, -0.05) is 70.2 Å². The normalized spacial score (nSPS) is 27.1. The molecule has 9 heteroatoms. The van der Waals surface area contributed by atoms with Crippen molar-refractivity contribution in [2.45, 2.75) is 123 Å². The molecule has 2 aromatic rings. The maximum absolute atomic E-state index is 11.7. The molecule has 1 heterocycles. The zero-order valence-corrected chi connectivity index (χ0v) is 29.1. The molecule has 264 valence electrons. The minimum atomic E-state index is -0.651. The van der Waals surface area contributed by atoms with E-state index in [2.05, 4.69) is 11.7 Å². The predicted octanol–water partition coefficient (Wildman–Crippen LogP) is 7.41. The van der Waals surface area contributed by atoms with Crippen molar-refractivity contribution in [1.29, 1.82) is 0 Å². The summed E-state index contributed by atoms with van der Waals surface area (Å²) in [7, 11) is 0. The Kier molecular flexibility index (Phi) is 13.9. The van der Waals surface area contributed by atoms with E-state index < -0.39 is 18.2 Å². The van der Waals surface area contributed by atoms with Crippen LogP contribution in [0.1, 0.15) is 116 Å². The highest BCUT2D eigenvalue weighted by molar-refractivity contribution is 5.86. The number of carbonyl (C=O) groups excluding carboxylic acids is 4. The SMILES string of the molecule is CCC(=O)OC1(CC)C2CC3CC(C2)CC1C3.CCC(=O)OC1CCOC1=O.CCC(=O)OCCCC(O)c1cccc2ccccc12. The van der Waals surface area contributed by atoms with E-state index in [1.165, 1.54) is 32.1 Å². The Morgan fingerprint density at radius 2 is 1.48 bits per heavy atom. The molecule has 2 atom stereocenters. The highest BCUT2D eigenvalue weighted by Crippen LogP contribution is 2.60. The lowest BCUT2D eigenvalue weighted by Gasteiger charge is -2.60. The lowest BCUT2D eigenvalue weighted by atomic mass is 9.49. The van der Waals surface area contributed by atoms with Crippen LogP contribution in [0.4, 0.5) is 0 Å². The second-order valence-corrected chi connectivity index (χ2v) is 13.5. The fourth-order valence-corrected chi connectivity index (χ4v) is 8.17. The Labute approximate surface area is 285 Å². The third-order valence-corrected chi connectivity index (χ3v) is 10.5. The van der Waals surface area contributed by atoms with Crippen molar-refractivity contribution in [3.8, 4) is 0 Å². The minimum Gasteiger partial charge on any atom is -0.466 e. The molecule has 0 amide bonds. The molecule has 0 radical (unpaired) electrons. The van der Waals surface area contributed by atoms with Gasteiger partial charge in [0.1, 0.15) is 5.60 Å². The van der Waals surface area contributed by atoms with Gasteiger partial charge in [0.15, 0.2) is 0 Å². The van der Waals surface area contributed by atoms with Crippen molar-refractivity contribution in [3.63, 3.8) is 0 Å². The summed E-state index contributed by atoms with van der Waals surface area (Å²) in [4.78, 5) is 44.2. The summed E-state index contributed by atoms with van der Waals surface area (Å²) in [6.07, 6.45) is 9.52. The Bertz CT molecular complexity index is 1350. The number of ether oxygens (including phenoxy) is 4. The Morgan fingerprint density at radius 1 is 0.854 bits per heavy atom. The van der Waals surface area contributed by atoms with E-state index in [-0.39, 0.29) is 23.5 Å². The lowest BCUT2D eigenvalue weighted by Crippen LogP contribution is -2.59. The van der Waals surface area contributed by atoms with Crippen molar-refractivity contribution >= 4 is 34.6 Å². The van der Waals surface area contributed by atoms with Crippen LogP contribution in [0, 0.1) is 23.7 Å². The first kappa shape index (κ1) is 37.4. The summed E-state index contributed by atoms with van der Waals surface area (Å²) in [6, 6.07) is 14.0. The molecule has 1 N–H and O–H groups in total. The van der Waals surface area contributed by atoms with Crippen LogP contribution in [0.15, 0.2) is 42.5 Å². The van der Waals surface area contributed by atoms with Gasteiger partial charge < -0.3 is 24.1 Å². The zero-order chi connectivity index (χ0) is 34.7. The van der Waals surface area contributed by atoms with Gasteiger partial charge in [0.25, 0.3) is 0 Å². The van der Waals surface area contributed by atoms with Gasteiger partial charge in [-0.25, -0.2) is 4.79 Å². The first-order valence-corrected chi connectivity index (χ1v) is 18.0. The molecule has 2 unspecified atom stereocenters. The number of hydrogen-bond donors (Lipinski definition) is 1. The monoisotopic (exact) mass is 666 g/mol. The van der Waals surface area contributed by atoms with Gasteiger partial charge in [-0.2, -0.15) is 0 Å². The topological polar surface area (TPSA) is 125 Å². The largest absolute Gasteiger partial charge is 0.466 e. The van der Waals surface area contributed by atoms with Crippen molar-refractivity contribution in [3.05, 3.63) is 48.0 Å². The smallest absolute Gasteiger partial charge is 0.347 e. The van der Waals surface area contributed by atoms with Crippen LogP contribution in [0.25, 0.3) is 10.8 Å². The second-order valence-electron chi connectivity index (χ2n) is 13.5. The fourth-order valence-electron chi connectivity index (χ4n) is 8.17. The van der Waals surface area contributed by atoms with E-state index in [4.69, 9.17) is 14.2 Å². The van der Waals surface area contributed by atoms with Gasteiger partial charge in [0.05, 0.1) is 19.3 Å². The molecule has 7 rings (SSSR count). The van der Waals surface area contributed by atoms with E-state index in [0.717, 1.165) is 34.6 Å². The average molecular weight is 667 g/mol. The number of cyclic esters (lactones) is 1. The maximum atomic E-state index is 11.7. The lowest BCUT2D eigenvalue weighted by molar-refractivity contribution is -0.210. The number of rotatable bonds is 11. The molecule has 5 fully saturated rings. The molecule has 9 nitrogen and oxygen atoms in total. The molecule has 4 bridgehead atoms. The summed E-state index contributed by atoms with van der Waals surface area (Å²) in [5.74, 6) is 2.26. The number of benzene rings is 2. The van der Waals surface area contributed by atoms with E-state index in [1.54, 1.807) is 13.8 Å². The number of carbonyl (C=O) groups is 4. The van der Waals surface area contributed by atoms with Crippen LogP contribution in [0.2, 0.25) is 0 Å². The van der Waals surface area contributed by atoms with Gasteiger partial charge >= 0.3 is 23.9 Å². The molecule has 5 aliphatic rings.